The van der Waals surface area contributed by atoms with Gasteiger partial charge < -0.3 is 10.1 Å². The van der Waals surface area contributed by atoms with Crippen molar-refractivity contribution in [3.05, 3.63) is 34.3 Å². The topological polar surface area (TPSA) is 21.3 Å². The Morgan fingerprint density at radius 3 is 3.00 bits per heavy atom. The lowest BCUT2D eigenvalue weighted by molar-refractivity contribution is 0.0783. The maximum absolute atomic E-state index is 5.75. The Kier molecular flexibility index (Phi) is 7.12. The van der Waals surface area contributed by atoms with E-state index in [0.29, 0.717) is 5.92 Å². The average molecular weight is 321 g/mol. The SMILES string of the molecule is Brc1cccc(COCC2CCCNC2)c1.Cl. The molecular weight excluding hydrogens is 302 g/mol. The van der Waals surface area contributed by atoms with Gasteiger partial charge in [-0.3, -0.25) is 0 Å². The normalized spacial score (nSPS) is 19.7. The van der Waals surface area contributed by atoms with E-state index in [4.69, 9.17) is 4.74 Å². The van der Waals surface area contributed by atoms with E-state index in [0.717, 1.165) is 24.2 Å². The van der Waals surface area contributed by atoms with Gasteiger partial charge in [-0.25, -0.2) is 0 Å². The maximum atomic E-state index is 5.75. The number of benzene rings is 1. The molecule has 2 nitrogen and oxygen atoms in total. The number of hydrogen-bond acceptors (Lipinski definition) is 2. The Morgan fingerprint density at radius 1 is 1.41 bits per heavy atom. The van der Waals surface area contributed by atoms with E-state index in [9.17, 15) is 0 Å². The van der Waals surface area contributed by atoms with Crippen LogP contribution in [0.25, 0.3) is 0 Å². The summed E-state index contributed by atoms with van der Waals surface area (Å²) in [7, 11) is 0. The van der Waals surface area contributed by atoms with E-state index in [1.165, 1.54) is 24.9 Å². The average Bonchev–Trinajstić information content (AvgIpc) is 2.30. The first kappa shape index (κ1) is 15.0. The Morgan fingerprint density at radius 2 is 2.29 bits per heavy atom. The Bertz CT molecular complexity index is 329. The van der Waals surface area contributed by atoms with E-state index < -0.39 is 0 Å². The molecule has 2 rings (SSSR count). The third-order valence-corrected chi connectivity index (χ3v) is 3.40. The molecule has 0 bridgehead atoms. The fraction of sp³-hybridized carbons (Fsp3) is 0.538. The van der Waals surface area contributed by atoms with Gasteiger partial charge in [0.15, 0.2) is 0 Å². The van der Waals surface area contributed by atoms with Crippen LogP contribution in [0, 0.1) is 5.92 Å². The van der Waals surface area contributed by atoms with Gasteiger partial charge in [0.05, 0.1) is 13.2 Å². The fourth-order valence-electron chi connectivity index (χ4n) is 2.04. The molecule has 0 saturated carbocycles. The van der Waals surface area contributed by atoms with Gasteiger partial charge >= 0.3 is 0 Å². The highest BCUT2D eigenvalue weighted by molar-refractivity contribution is 9.10. The first-order valence-corrected chi connectivity index (χ1v) is 6.67. The van der Waals surface area contributed by atoms with Crippen molar-refractivity contribution in [3.8, 4) is 0 Å². The lowest BCUT2D eigenvalue weighted by Gasteiger charge is -2.22. The lowest BCUT2D eigenvalue weighted by atomic mass is 10.0. The Balaban J connectivity index is 0.00000144. The third-order valence-electron chi connectivity index (χ3n) is 2.91. The van der Waals surface area contributed by atoms with Crippen LogP contribution in [0.15, 0.2) is 28.7 Å². The van der Waals surface area contributed by atoms with Gasteiger partial charge in [-0.15, -0.1) is 12.4 Å². The molecule has 0 spiro atoms. The van der Waals surface area contributed by atoms with Crippen molar-refractivity contribution in [2.24, 2.45) is 5.92 Å². The molecule has 1 atom stereocenters. The number of rotatable bonds is 4. The molecule has 1 unspecified atom stereocenters. The number of nitrogens with one attached hydrogen (secondary N) is 1. The number of halogens is 2. The van der Waals surface area contributed by atoms with Crippen LogP contribution < -0.4 is 5.32 Å². The van der Waals surface area contributed by atoms with E-state index in [1.54, 1.807) is 0 Å². The highest BCUT2D eigenvalue weighted by atomic mass is 79.9. The molecule has 4 heteroatoms. The minimum Gasteiger partial charge on any atom is -0.376 e. The second kappa shape index (κ2) is 8.09. The summed E-state index contributed by atoms with van der Waals surface area (Å²) in [5.74, 6) is 0.695. The number of piperidine rings is 1. The summed E-state index contributed by atoms with van der Waals surface area (Å²) >= 11 is 3.47. The first-order chi connectivity index (χ1) is 7.84. The van der Waals surface area contributed by atoms with E-state index in [2.05, 4.69) is 33.4 Å². The zero-order valence-electron chi connectivity index (χ0n) is 9.82. The van der Waals surface area contributed by atoms with Crippen LogP contribution in [-0.2, 0) is 11.3 Å². The zero-order valence-corrected chi connectivity index (χ0v) is 12.2. The molecule has 0 aliphatic carbocycles. The van der Waals surface area contributed by atoms with Crippen LogP contribution >= 0.6 is 28.3 Å². The van der Waals surface area contributed by atoms with Crippen molar-refractivity contribution in [1.82, 2.24) is 5.32 Å². The van der Waals surface area contributed by atoms with Crippen LogP contribution in [0.5, 0.6) is 0 Å². The summed E-state index contributed by atoms with van der Waals surface area (Å²) in [5, 5.41) is 3.41. The molecule has 1 fully saturated rings. The standard InChI is InChI=1S/C13H18BrNO.ClH/c14-13-5-1-3-11(7-13)9-16-10-12-4-2-6-15-8-12;/h1,3,5,7,12,15H,2,4,6,8-10H2;1H. The molecular formula is C13H19BrClNO. The number of hydrogen-bond donors (Lipinski definition) is 1. The van der Waals surface area contributed by atoms with Crippen molar-refractivity contribution >= 4 is 28.3 Å². The Hall–Kier alpha value is -0.0900. The van der Waals surface area contributed by atoms with Gasteiger partial charge in [0.2, 0.25) is 0 Å². The molecule has 17 heavy (non-hydrogen) atoms. The fourth-order valence-corrected chi connectivity index (χ4v) is 2.48. The molecule has 1 aliphatic rings. The lowest BCUT2D eigenvalue weighted by Crippen LogP contribution is -2.32. The molecule has 96 valence electrons. The maximum Gasteiger partial charge on any atom is 0.0717 e. The van der Waals surface area contributed by atoms with E-state index in [1.807, 2.05) is 12.1 Å². The zero-order chi connectivity index (χ0) is 11.2. The molecule has 0 radical (unpaired) electrons. The van der Waals surface area contributed by atoms with E-state index >= 15 is 0 Å². The van der Waals surface area contributed by atoms with Crippen molar-refractivity contribution in [2.75, 3.05) is 19.7 Å². The van der Waals surface area contributed by atoms with Crippen LogP contribution in [0.1, 0.15) is 18.4 Å². The minimum atomic E-state index is 0. The van der Waals surface area contributed by atoms with Crippen LogP contribution in [0.2, 0.25) is 0 Å². The highest BCUT2D eigenvalue weighted by Gasteiger charge is 2.12. The summed E-state index contributed by atoms with van der Waals surface area (Å²) < 4.78 is 6.87. The minimum absolute atomic E-state index is 0. The molecule has 0 aromatic heterocycles. The predicted octanol–water partition coefficient (Wildman–Crippen LogP) is 3.39. The van der Waals surface area contributed by atoms with Gasteiger partial charge in [0.1, 0.15) is 0 Å². The van der Waals surface area contributed by atoms with Crippen molar-refractivity contribution in [1.29, 1.82) is 0 Å². The van der Waals surface area contributed by atoms with Crippen molar-refractivity contribution in [3.63, 3.8) is 0 Å². The predicted molar refractivity (Wildman–Crippen MR) is 76.6 cm³/mol. The summed E-state index contributed by atoms with van der Waals surface area (Å²) in [5.41, 5.74) is 1.23. The summed E-state index contributed by atoms with van der Waals surface area (Å²) in [6.45, 7) is 3.87. The van der Waals surface area contributed by atoms with Gasteiger partial charge in [0.25, 0.3) is 0 Å². The number of ether oxygens (including phenoxy) is 1. The van der Waals surface area contributed by atoms with E-state index in [-0.39, 0.29) is 12.4 Å². The molecule has 1 heterocycles. The molecule has 1 aromatic rings. The smallest absolute Gasteiger partial charge is 0.0717 e. The quantitative estimate of drug-likeness (QED) is 0.918. The van der Waals surface area contributed by atoms with Crippen molar-refractivity contribution in [2.45, 2.75) is 19.4 Å². The monoisotopic (exact) mass is 319 g/mol. The van der Waals surface area contributed by atoms with Crippen LogP contribution in [-0.4, -0.2) is 19.7 Å². The van der Waals surface area contributed by atoms with Crippen LogP contribution in [0.3, 0.4) is 0 Å². The molecule has 1 aromatic carbocycles. The first-order valence-electron chi connectivity index (χ1n) is 5.87. The van der Waals surface area contributed by atoms with Gasteiger partial charge in [-0.1, -0.05) is 28.1 Å². The Labute approximate surface area is 118 Å². The molecule has 0 amide bonds. The molecule has 1 N–H and O–H groups in total. The van der Waals surface area contributed by atoms with Gasteiger partial charge in [-0.05, 0) is 43.0 Å². The third kappa shape index (κ3) is 5.38. The molecule has 1 saturated heterocycles. The molecule has 1 aliphatic heterocycles. The van der Waals surface area contributed by atoms with Crippen LogP contribution in [0.4, 0.5) is 0 Å². The van der Waals surface area contributed by atoms with Gasteiger partial charge in [-0.2, -0.15) is 0 Å². The van der Waals surface area contributed by atoms with Crippen molar-refractivity contribution < 1.29 is 4.74 Å². The summed E-state index contributed by atoms with van der Waals surface area (Å²) in [6.07, 6.45) is 2.58. The second-order valence-corrected chi connectivity index (χ2v) is 5.27. The second-order valence-electron chi connectivity index (χ2n) is 4.36. The summed E-state index contributed by atoms with van der Waals surface area (Å²) in [6, 6.07) is 8.29. The van der Waals surface area contributed by atoms with Gasteiger partial charge in [0, 0.05) is 11.0 Å². The highest BCUT2D eigenvalue weighted by Crippen LogP contribution is 2.14. The summed E-state index contributed by atoms with van der Waals surface area (Å²) in [4.78, 5) is 0. The largest absolute Gasteiger partial charge is 0.376 e.